The van der Waals surface area contributed by atoms with Crippen LogP contribution in [0.25, 0.3) is 0 Å². The van der Waals surface area contributed by atoms with Crippen molar-refractivity contribution in [3.8, 4) is 5.75 Å². The van der Waals surface area contributed by atoms with Crippen LogP contribution in [0.3, 0.4) is 0 Å². The standard InChI is InChI=1S/C26H33ClN4O4/c1-5-17(2)23(29-24(32)19-8-6-11-22(14-19)35-4)25(33)30-12-13-31(18(3)16-30)26(34)28-21-10-7-9-20(27)15-21/h6-11,14-15,17-18,23H,5,12-13,16H2,1-4H3,(H,28,34)(H,29,32). The fraction of sp³-hybridized carbons (Fsp3) is 0.423. The summed E-state index contributed by atoms with van der Waals surface area (Å²) >= 11 is 6.01. The lowest BCUT2D eigenvalue weighted by molar-refractivity contribution is -0.136. The molecule has 8 nitrogen and oxygen atoms in total. The Labute approximate surface area is 211 Å². The second kappa shape index (κ2) is 11.9. The predicted octanol–water partition coefficient (Wildman–Crippen LogP) is 4.26. The highest BCUT2D eigenvalue weighted by Crippen LogP contribution is 2.20. The van der Waals surface area contributed by atoms with Gasteiger partial charge in [0, 0.05) is 41.9 Å². The van der Waals surface area contributed by atoms with Crippen LogP contribution in [-0.2, 0) is 4.79 Å². The zero-order valence-corrected chi connectivity index (χ0v) is 21.3. The second-order valence-corrected chi connectivity index (χ2v) is 9.27. The molecule has 0 aromatic heterocycles. The van der Waals surface area contributed by atoms with Gasteiger partial charge in [-0.2, -0.15) is 0 Å². The number of halogens is 1. The molecule has 1 saturated heterocycles. The molecule has 2 N–H and O–H groups in total. The summed E-state index contributed by atoms with van der Waals surface area (Å²) in [5, 5.41) is 6.33. The average Bonchev–Trinajstić information content (AvgIpc) is 2.86. The molecule has 1 heterocycles. The summed E-state index contributed by atoms with van der Waals surface area (Å²) in [5.41, 5.74) is 1.05. The number of nitrogens with one attached hydrogen (secondary N) is 2. The molecule has 0 aliphatic carbocycles. The van der Waals surface area contributed by atoms with Crippen LogP contribution in [0.4, 0.5) is 10.5 Å². The van der Waals surface area contributed by atoms with Gasteiger partial charge >= 0.3 is 6.03 Å². The van der Waals surface area contributed by atoms with Gasteiger partial charge in [-0.15, -0.1) is 0 Å². The number of benzene rings is 2. The van der Waals surface area contributed by atoms with Crippen molar-refractivity contribution in [3.05, 3.63) is 59.1 Å². The van der Waals surface area contributed by atoms with Gasteiger partial charge in [0.05, 0.1) is 7.11 Å². The lowest BCUT2D eigenvalue weighted by atomic mass is 9.96. The summed E-state index contributed by atoms with van der Waals surface area (Å²) in [4.78, 5) is 42.7. The van der Waals surface area contributed by atoms with E-state index in [0.29, 0.717) is 41.7 Å². The van der Waals surface area contributed by atoms with Crippen LogP contribution in [-0.4, -0.2) is 66.5 Å². The fourth-order valence-corrected chi connectivity index (χ4v) is 4.28. The van der Waals surface area contributed by atoms with Crippen molar-refractivity contribution in [2.24, 2.45) is 5.92 Å². The van der Waals surface area contributed by atoms with Gasteiger partial charge in [0.25, 0.3) is 5.91 Å². The highest BCUT2D eigenvalue weighted by atomic mass is 35.5. The molecule has 188 valence electrons. The minimum absolute atomic E-state index is 0.0588. The van der Waals surface area contributed by atoms with E-state index in [4.69, 9.17) is 16.3 Å². The third kappa shape index (κ3) is 6.66. The van der Waals surface area contributed by atoms with E-state index in [0.717, 1.165) is 6.42 Å². The maximum Gasteiger partial charge on any atom is 0.322 e. The molecule has 1 aliphatic heterocycles. The minimum Gasteiger partial charge on any atom is -0.497 e. The number of anilines is 1. The van der Waals surface area contributed by atoms with Gasteiger partial charge in [-0.1, -0.05) is 44.0 Å². The molecular weight excluding hydrogens is 468 g/mol. The molecule has 0 spiro atoms. The number of amides is 4. The van der Waals surface area contributed by atoms with Crippen molar-refractivity contribution < 1.29 is 19.1 Å². The summed E-state index contributed by atoms with van der Waals surface area (Å²) in [6.45, 7) is 6.99. The van der Waals surface area contributed by atoms with Gasteiger partial charge in [-0.05, 0) is 49.2 Å². The Balaban J connectivity index is 1.65. The highest BCUT2D eigenvalue weighted by Gasteiger charge is 2.35. The maximum absolute atomic E-state index is 13.5. The summed E-state index contributed by atoms with van der Waals surface area (Å²) < 4.78 is 5.21. The van der Waals surface area contributed by atoms with E-state index in [1.165, 1.54) is 0 Å². The topological polar surface area (TPSA) is 91.0 Å². The molecule has 0 bridgehead atoms. The van der Waals surface area contributed by atoms with E-state index in [9.17, 15) is 14.4 Å². The molecular formula is C26H33ClN4O4. The Hall–Kier alpha value is -3.26. The van der Waals surface area contributed by atoms with Crippen molar-refractivity contribution in [3.63, 3.8) is 0 Å². The molecule has 1 aliphatic rings. The number of carbonyl (C=O) groups excluding carboxylic acids is 3. The fourth-order valence-electron chi connectivity index (χ4n) is 4.09. The summed E-state index contributed by atoms with van der Waals surface area (Å²) in [5.74, 6) is 0.0501. The third-order valence-electron chi connectivity index (χ3n) is 6.37. The van der Waals surface area contributed by atoms with Gasteiger partial charge in [-0.25, -0.2) is 4.79 Å². The van der Waals surface area contributed by atoms with Gasteiger partial charge < -0.3 is 25.2 Å². The summed E-state index contributed by atoms with van der Waals surface area (Å²) in [6, 6.07) is 12.7. The molecule has 3 atom stereocenters. The first-order valence-electron chi connectivity index (χ1n) is 11.8. The van der Waals surface area contributed by atoms with E-state index in [2.05, 4.69) is 10.6 Å². The summed E-state index contributed by atoms with van der Waals surface area (Å²) in [6.07, 6.45) is 0.729. The molecule has 3 rings (SSSR count). The smallest absolute Gasteiger partial charge is 0.322 e. The Morgan fingerprint density at radius 1 is 1.14 bits per heavy atom. The Kier molecular flexibility index (Phi) is 8.98. The van der Waals surface area contributed by atoms with Crippen LogP contribution in [0.2, 0.25) is 5.02 Å². The molecule has 3 unspecified atom stereocenters. The van der Waals surface area contributed by atoms with Crippen LogP contribution in [0.15, 0.2) is 48.5 Å². The first-order chi connectivity index (χ1) is 16.7. The number of piperazine rings is 1. The van der Waals surface area contributed by atoms with Crippen molar-refractivity contribution in [2.45, 2.75) is 39.3 Å². The van der Waals surface area contributed by atoms with Crippen molar-refractivity contribution in [1.29, 1.82) is 0 Å². The van der Waals surface area contributed by atoms with E-state index in [1.807, 2.05) is 20.8 Å². The quantitative estimate of drug-likeness (QED) is 0.594. The van der Waals surface area contributed by atoms with E-state index >= 15 is 0 Å². The number of hydrogen-bond donors (Lipinski definition) is 2. The van der Waals surface area contributed by atoms with Crippen molar-refractivity contribution in [1.82, 2.24) is 15.1 Å². The lowest BCUT2D eigenvalue weighted by Gasteiger charge is -2.41. The number of nitrogens with zero attached hydrogens (tertiary/aromatic N) is 2. The Morgan fingerprint density at radius 3 is 2.54 bits per heavy atom. The normalized spacial score (nSPS) is 17.3. The SMILES string of the molecule is CCC(C)C(NC(=O)c1cccc(OC)c1)C(=O)N1CCN(C(=O)Nc2cccc(Cl)c2)C(C)C1. The van der Waals surface area contributed by atoms with E-state index in [-0.39, 0.29) is 29.8 Å². The van der Waals surface area contributed by atoms with E-state index in [1.54, 1.807) is 65.4 Å². The lowest BCUT2D eigenvalue weighted by Crippen LogP contribution is -2.60. The number of methoxy groups -OCH3 is 1. The first kappa shape index (κ1) is 26.3. The van der Waals surface area contributed by atoms with Gasteiger partial charge in [0.1, 0.15) is 11.8 Å². The maximum atomic E-state index is 13.5. The molecule has 4 amide bonds. The minimum atomic E-state index is -0.669. The number of hydrogen-bond acceptors (Lipinski definition) is 4. The van der Waals surface area contributed by atoms with Crippen LogP contribution in [0.1, 0.15) is 37.6 Å². The number of carbonyl (C=O) groups is 3. The monoisotopic (exact) mass is 500 g/mol. The van der Waals surface area contributed by atoms with E-state index < -0.39 is 6.04 Å². The zero-order valence-electron chi connectivity index (χ0n) is 20.6. The predicted molar refractivity (Wildman–Crippen MR) is 137 cm³/mol. The van der Waals surface area contributed by atoms with Crippen LogP contribution >= 0.6 is 11.6 Å². The van der Waals surface area contributed by atoms with Crippen LogP contribution in [0.5, 0.6) is 5.75 Å². The van der Waals surface area contributed by atoms with Crippen LogP contribution in [0, 0.1) is 5.92 Å². The number of rotatable bonds is 7. The zero-order chi connectivity index (χ0) is 25.5. The molecule has 2 aromatic rings. The van der Waals surface area contributed by atoms with Crippen molar-refractivity contribution >= 4 is 35.1 Å². The Morgan fingerprint density at radius 2 is 1.89 bits per heavy atom. The average molecular weight is 501 g/mol. The van der Waals surface area contributed by atoms with Crippen LogP contribution < -0.4 is 15.4 Å². The molecule has 0 saturated carbocycles. The van der Waals surface area contributed by atoms with Gasteiger partial charge in [-0.3, -0.25) is 9.59 Å². The molecule has 1 fully saturated rings. The molecule has 35 heavy (non-hydrogen) atoms. The largest absolute Gasteiger partial charge is 0.497 e. The summed E-state index contributed by atoms with van der Waals surface area (Å²) in [7, 11) is 1.54. The number of urea groups is 1. The molecule has 9 heteroatoms. The number of ether oxygens (including phenoxy) is 1. The molecule has 0 radical (unpaired) electrons. The first-order valence-corrected chi connectivity index (χ1v) is 12.2. The Bertz CT molecular complexity index is 1060. The van der Waals surface area contributed by atoms with Crippen molar-refractivity contribution in [2.75, 3.05) is 32.1 Å². The molecule has 2 aromatic carbocycles. The highest BCUT2D eigenvalue weighted by molar-refractivity contribution is 6.30. The third-order valence-corrected chi connectivity index (χ3v) is 6.61. The van der Waals surface area contributed by atoms with Gasteiger partial charge in [0.15, 0.2) is 0 Å². The van der Waals surface area contributed by atoms with Gasteiger partial charge in [0.2, 0.25) is 5.91 Å². The second-order valence-electron chi connectivity index (χ2n) is 8.84.